The number of carboxylic acid groups (broad SMARTS) is 1. The molecule has 1 spiro atoms. The van der Waals surface area contributed by atoms with Crippen molar-refractivity contribution in [3.8, 4) is 0 Å². The largest absolute Gasteiger partial charge is 0.480 e. The van der Waals surface area contributed by atoms with Crippen molar-refractivity contribution in [1.29, 1.82) is 0 Å². The maximum Gasteiger partial charge on any atom is 0.319 e. The van der Waals surface area contributed by atoms with Crippen LogP contribution in [0.25, 0.3) is 0 Å². The number of primary amides is 1. The number of carboxylic acids is 1. The number of carbonyl (C=O) groups is 2. The van der Waals surface area contributed by atoms with E-state index in [0.29, 0.717) is 19.4 Å². The normalized spacial score (nSPS) is 29.6. The maximum absolute atomic E-state index is 11.6. The zero-order valence-electron chi connectivity index (χ0n) is 11.5. The predicted octanol–water partition coefficient (Wildman–Crippen LogP) is 1.69. The number of aliphatic carboxylic acids is 1. The molecule has 2 fully saturated rings. The SMILES string of the molecule is CC(C(N)=O)(C(=O)O)C1CCOC2(CCCCC2)C1. The Bertz CT molecular complexity index is 354. The van der Waals surface area contributed by atoms with Crippen LogP contribution in [0, 0.1) is 11.3 Å². The third-order valence-corrected chi connectivity index (χ3v) is 5.03. The summed E-state index contributed by atoms with van der Waals surface area (Å²) in [5.74, 6) is -2.08. The number of rotatable bonds is 3. The highest BCUT2D eigenvalue weighted by molar-refractivity contribution is 6.01. The lowest BCUT2D eigenvalue weighted by atomic mass is 9.66. The molecule has 1 saturated carbocycles. The molecule has 1 heterocycles. The van der Waals surface area contributed by atoms with E-state index in [9.17, 15) is 14.7 Å². The van der Waals surface area contributed by atoms with E-state index in [4.69, 9.17) is 10.5 Å². The van der Waals surface area contributed by atoms with Gasteiger partial charge in [0.25, 0.3) is 0 Å². The van der Waals surface area contributed by atoms with Crippen molar-refractivity contribution in [3.05, 3.63) is 0 Å². The smallest absolute Gasteiger partial charge is 0.319 e. The van der Waals surface area contributed by atoms with Gasteiger partial charge in [-0.15, -0.1) is 0 Å². The van der Waals surface area contributed by atoms with E-state index in [1.807, 2.05) is 0 Å². The zero-order chi connectivity index (χ0) is 14.1. The van der Waals surface area contributed by atoms with Crippen molar-refractivity contribution in [2.75, 3.05) is 6.61 Å². The molecule has 1 amide bonds. The van der Waals surface area contributed by atoms with Crippen LogP contribution in [0.1, 0.15) is 51.9 Å². The van der Waals surface area contributed by atoms with Crippen LogP contribution in [0.2, 0.25) is 0 Å². The molecule has 0 radical (unpaired) electrons. The van der Waals surface area contributed by atoms with Gasteiger partial charge < -0.3 is 15.6 Å². The van der Waals surface area contributed by atoms with Crippen LogP contribution >= 0.6 is 0 Å². The topological polar surface area (TPSA) is 89.6 Å². The van der Waals surface area contributed by atoms with Crippen LogP contribution in [-0.4, -0.2) is 29.2 Å². The summed E-state index contributed by atoms with van der Waals surface area (Å²) in [4.78, 5) is 23.1. The van der Waals surface area contributed by atoms with Crippen molar-refractivity contribution in [2.45, 2.75) is 57.5 Å². The van der Waals surface area contributed by atoms with Crippen molar-refractivity contribution in [1.82, 2.24) is 0 Å². The van der Waals surface area contributed by atoms with E-state index in [2.05, 4.69) is 0 Å². The van der Waals surface area contributed by atoms with E-state index in [-0.39, 0.29) is 11.5 Å². The molecule has 0 aromatic heterocycles. The first kappa shape index (κ1) is 14.3. The molecule has 3 N–H and O–H groups in total. The molecular weight excluding hydrogens is 246 g/mol. The van der Waals surface area contributed by atoms with Gasteiger partial charge >= 0.3 is 5.97 Å². The lowest BCUT2D eigenvalue weighted by molar-refractivity contribution is -0.170. The Morgan fingerprint density at radius 1 is 1.32 bits per heavy atom. The summed E-state index contributed by atoms with van der Waals surface area (Å²) in [5, 5.41) is 9.40. The molecule has 2 unspecified atom stereocenters. The summed E-state index contributed by atoms with van der Waals surface area (Å²) in [6.45, 7) is 1.99. The summed E-state index contributed by atoms with van der Waals surface area (Å²) < 4.78 is 5.95. The van der Waals surface area contributed by atoms with Crippen molar-refractivity contribution in [2.24, 2.45) is 17.1 Å². The van der Waals surface area contributed by atoms with Gasteiger partial charge in [-0.1, -0.05) is 19.3 Å². The molecule has 2 rings (SSSR count). The van der Waals surface area contributed by atoms with Gasteiger partial charge in [-0.05, 0) is 38.5 Å². The quantitative estimate of drug-likeness (QED) is 0.763. The van der Waals surface area contributed by atoms with Crippen LogP contribution in [0.4, 0.5) is 0 Å². The van der Waals surface area contributed by atoms with Gasteiger partial charge in [-0.3, -0.25) is 9.59 Å². The van der Waals surface area contributed by atoms with Gasteiger partial charge in [0.1, 0.15) is 5.41 Å². The average Bonchev–Trinajstić information content (AvgIpc) is 2.38. The van der Waals surface area contributed by atoms with Crippen LogP contribution in [0.3, 0.4) is 0 Å². The summed E-state index contributed by atoms with van der Waals surface area (Å²) in [7, 11) is 0. The lowest BCUT2D eigenvalue weighted by Gasteiger charge is -2.46. The Morgan fingerprint density at radius 2 is 1.95 bits per heavy atom. The maximum atomic E-state index is 11.6. The van der Waals surface area contributed by atoms with Crippen LogP contribution < -0.4 is 5.73 Å². The summed E-state index contributed by atoms with van der Waals surface area (Å²) in [5.41, 5.74) is 3.67. The minimum absolute atomic E-state index is 0.215. The third kappa shape index (κ3) is 2.48. The van der Waals surface area contributed by atoms with E-state index in [1.54, 1.807) is 0 Å². The second kappa shape index (κ2) is 5.12. The van der Waals surface area contributed by atoms with Gasteiger partial charge in [0.05, 0.1) is 5.60 Å². The fraction of sp³-hybridized carbons (Fsp3) is 0.857. The van der Waals surface area contributed by atoms with Crippen LogP contribution in [0.5, 0.6) is 0 Å². The molecule has 0 aromatic rings. The van der Waals surface area contributed by atoms with Gasteiger partial charge in [-0.2, -0.15) is 0 Å². The Hall–Kier alpha value is -1.10. The first-order valence-corrected chi connectivity index (χ1v) is 7.08. The minimum atomic E-state index is -1.48. The van der Waals surface area contributed by atoms with Gasteiger partial charge in [0.15, 0.2) is 0 Å². The minimum Gasteiger partial charge on any atom is -0.480 e. The van der Waals surface area contributed by atoms with Crippen LogP contribution in [-0.2, 0) is 14.3 Å². The standard InChI is InChI=1S/C14H23NO4/c1-13(11(15)16,12(17)18)10-5-8-19-14(9-10)6-3-2-4-7-14/h10H,2-9H2,1H3,(H2,15,16)(H,17,18). The van der Waals surface area contributed by atoms with E-state index in [0.717, 1.165) is 25.7 Å². The molecule has 1 aliphatic carbocycles. The number of ether oxygens (including phenoxy) is 1. The molecule has 2 atom stereocenters. The van der Waals surface area contributed by atoms with Gasteiger partial charge in [0, 0.05) is 6.61 Å². The molecule has 5 heteroatoms. The predicted molar refractivity (Wildman–Crippen MR) is 69.4 cm³/mol. The monoisotopic (exact) mass is 269 g/mol. The number of nitrogens with two attached hydrogens (primary N) is 1. The fourth-order valence-electron chi connectivity index (χ4n) is 3.55. The Morgan fingerprint density at radius 3 is 2.47 bits per heavy atom. The highest BCUT2D eigenvalue weighted by atomic mass is 16.5. The number of carbonyl (C=O) groups excluding carboxylic acids is 1. The summed E-state index contributed by atoms with van der Waals surface area (Å²) in [6, 6.07) is 0. The summed E-state index contributed by atoms with van der Waals surface area (Å²) in [6.07, 6.45) is 6.62. The van der Waals surface area contributed by atoms with E-state index >= 15 is 0 Å². The average molecular weight is 269 g/mol. The first-order chi connectivity index (χ1) is 8.91. The second-order valence-corrected chi connectivity index (χ2v) is 6.15. The van der Waals surface area contributed by atoms with Crippen molar-refractivity contribution in [3.63, 3.8) is 0 Å². The highest BCUT2D eigenvalue weighted by Gasteiger charge is 2.52. The molecule has 0 aromatic carbocycles. The molecular formula is C14H23NO4. The Balaban J connectivity index is 2.20. The van der Waals surface area contributed by atoms with Gasteiger partial charge in [0.2, 0.25) is 5.91 Å². The highest BCUT2D eigenvalue weighted by Crippen LogP contribution is 2.46. The zero-order valence-corrected chi connectivity index (χ0v) is 11.5. The molecule has 108 valence electrons. The fourth-order valence-corrected chi connectivity index (χ4v) is 3.55. The molecule has 1 aliphatic heterocycles. The Kier molecular flexibility index (Phi) is 3.85. The second-order valence-electron chi connectivity index (χ2n) is 6.15. The van der Waals surface area contributed by atoms with Crippen molar-refractivity contribution < 1.29 is 19.4 Å². The molecule has 19 heavy (non-hydrogen) atoms. The third-order valence-electron chi connectivity index (χ3n) is 5.03. The lowest BCUT2D eigenvalue weighted by Crippen LogP contribution is -2.53. The van der Waals surface area contributed by atoms with E-state index in [1.165, 1.54) is 13.3 Å². The molecule has 1 saturated heterocycles. The summed E-state index contributed by atoms with van der Waals surface area (Å²) >= 11 is 0. The first-order valence-electron chi connectivity index (χ1n) is 7.08. The van der Waals surface area contributed by atoms with Gasteiger partial charge in [-0.25, -0.2) is 0 Å². The van der Waals surface area contributed by atoms with E-state index < -0.39 is 17.3 Å². The number of hydrogen-bond acceptors (Lipinski definition) is 3. The molecule has 5 nitrogen and oxygen atoms in total. The van der Waals surface area contributed by atoms with Crippen LogP contribution in [0.15, 0.2) is 0 Å². The van der Waals surface area contributed by atoms with Crippen molar-refractivity contribution >= 4 is 11.9 Å². The number of hydrogen-bond donors (Lipinski definition) is 2. The molecule has 2 aliphatic rings. The number of amides is 1. The Labute approximate surface area is 113 Å². The molecule has 0 bridgehead atoms.